The number of guanidine groups is 1. The smallest absolute Gasteiger partial charge is 0.191 e. The highest BCUT2D eigenvalue weighted by atomic mass is 127. The van der Waals surface area contributed by atoms with Crippen LogP contribution < -0.4 is 10.6 Å². The predicted octanol–water partition coefficient (Wildman–Crippen LogP) is 2.90. The minimum absolute atomic E-state index is 0. The maximum atomic E-state index is 9.13. The Morgan fingerprint density at radius 3 is 2.62 bits per heavy atom. The summed E-state index contributed by atoms with van der Waals surface area (Å²) >= 11 is 0. The normalized spacial score (nSPS) is 12.4. The van der Waals surface area contributed by atoms with Crippen LogP contribution in [0.5, 0.6) is 0 Å². The Labute approximate surface area is 163 Å². The van der Waals surface area contributed by atoms with Gasteiger partial charge in [0.1, 0.15) is 0 Å². The number of aliphatic hydroxyl groups is 1. The van der Waals surface area contributed by atoms with Crippen LogP contribution in [-0.2, 0) is 6.42 Å². The number of nitrogens with one attached hydrogen (secondary N) is 2. The molecule has 24 heavy (non-hydrogen) atoms. The maximum absolute atomic E-state index is 9.13. The molecule has 0 aliphatic rings. The molecule has 0 spiro atoms. The summed E-state index contributed by atoms with van der Waals surface area (Å²) in [6.07, 6.45) is 5.92. The summed E-state index contributed by atoms with van der Waals surface area (Å²) in [5, 5.41) is 15.8. The molecule has 0 aliphatic carbocycles. The molecule has 0 saturated carbocycles. The molecule has 0 radical (unpaired) electrons. The van der Waals surface area contributed by atoms with Crippen LogP contribution >= 0.6 is 24.0 Å². The fraction of sp³-hybridized carbons (Fsp3) is 0.667. The van der Waals surface area contributed by atoms with E-state index >= 15 is 0 Å². The van der Waals surface area contributed by atoms with Gasteiger partial charge in [-0.05, 0) is 50.7 Å². The molecule has 0 aromatic carbocycles. The molecule has 1 rings (SSSR count). The van der Waals surface area contributed by atoms with E-state index < -0.39 is 0 Å². The number of aliphatic hydroxyl groups excluding tert-OH is 1. The van der Waals surface area contributed by atoms with Gasteiger partial charge in [0, 0.05) is 38.1 Å². The van der Waals surface area contributed by atoms with Gasteiger partial charge < -0.3 is 15.7 Å². The molecule has 1 aromatic rings. The van der Waals surface area contributed by atoms with Crippen molar-refractivity contribution in [3.63, 3.8) is 0 Å². The lowest BCUT2D eigenvalue weighted by Gasteiger charge is -2.15. The molecular weight excluding hydrogens is 415 g/mol. The first-order valence-corrected chi connectivity index (χ1v) is 8.74. The molecule has 0 bridgehead atoms. The lowest BCUT2D eigenvalue weighted by Crippen LogP contribution is -2.38. The van der Waals surface area contributed by atoms with Gasteiger partial charge in [-0.2, -0.15) is 0 Å². The molecule has 3 N–H and O–H groups in total. The number of hydrogen-bond donors (Lipinski definition) is 3. The Bertz CT molecular complexity index is 445. The van der Waals surface area contributed by atoms with Gasteiger partial charge in [-0.3, -0.25) is 9.98 Å². The molecule has 1 aromatic heterocycles. The van der Waals surface area contributed by atoms with Crippen LogP contribution in [0.4, 0.5) is 0 Å². The SMILES string of the molecule is CCCC(CCO)CN=C(NCC)NCCc1ccc(C)nc1.I. The number of aromatic nitrogens is 1. The zero-order valence-electron chi connectivity index (χ0n) is 15.2. The molecule has 1 heterocycles. The van der Waals surface area contributed by atoms with Gasteiger partial charge in [-0.25, -0.2) is 0 Å². The molecule has 5 nitrogen and oxygen atoms in total. The van der Waals surface area contributed by atoms with E-state index in [0.717, 1.165) is 57.0 Å². The van der Waals surface area contributed by atoms with Crippen molar-refractivity contribution in [2.24, 2.45) is 10.9 Å². The largest absolute Gasteiger partial charge is 0.396 e. The summed E-state index contributed by atoms with van der Waals surface area (Å²) in [7, 11) is 0. The Kier molecular flexibility index (Phi) is 13.9. The predicted molar refractivity (Wildman–Crippen MR) is 112 cm³/mol. The van der Waals surface area contributed by atoms with Crippen molar-refractivity contribution >= 4 is 29.9 Å². The van der Waals surface area contributed by atoms with Crippen LogP contribution in [0.15, 0.2) is 23.3 Å². The summed E-state index contributed by atoms with van der Waals surface area (Å²) in [6, 6.07) is 4.16. The van der Waals surface area contributed by atoms with E-state index in [9.17, 15) is 0 Å². The molecular formula is C18H33IN4O. The summed E-state index contributed by atoms with van der Waals surface area (Å²) in [5.74, 6) is 1.31. The van der Waals surface area contributed by atoms with Crippen LogP contribution in [0.1, 0.15) is 44.4 Å². The Hall–Kier alpha value is -0.890. The van der Waals surface area contributed by atoms with E-state index in [-0.39, 0.29) is 30.6 Å². The van der Waals surface area contributed by atoms with Gasteiger partial charge in [0.05, 0.1) is 0 Å². The highest BCUT2D eigenvalue weighted by Gasteiger charge is 2.07. The van der Waals surface area contributed by atoms with Crippen molar-refractivity contribution in [1.29, 1.82) is 0 Å². The number of rotatable bonds is 10. The number of aliphatic imine (C=N–C) groups is 1. The first kappa shape index (κ1) is 23.1. The van der Waals surface area contributed by atoms with Crippen molar-refractivity contribution in [1.82, 2.24) is 15.6 Å². The number of aryl methyl sites for hydroxylation is 1. The third-order valence-corrected chi connectivity index (χ3v) is 3.76. The van der Waals surface area contributed by atoms with Crippen molar-refractivity contribution < 1.29 is 5.11 Å². The zero-order chi connectivity index (χ0) is 16.9. The summed E-state index contributed by atoms with van der Waals surface area (Å²) in [5.41, 5.74) is 2.27. The van der Waals surface area contributed by atoms with Crippen molar-refractivity contribution in [3.05, 3.63) is 29.6 Å². The van der Waals surface area contributed by atoms with E-state index in [0.29, 0.717) is 5.92 Å². The van der Waals surface area contributed by atoms with Crippen LogP contribution in [-0.4, -0.2) is 42.3 Å². The van der Waals surface area contributed by atoms with Gasteiger partial charge in [0.25, 0.3) is 0 Å². The quantitative estimate of drug-likeness (QED) is 0.293. The van der Waals surface area contributed by atoms with Crippen LogP contribution in [0.25, 0.3) is 0 Å². The molecule has 0 amide bonds. The molecule has 6 heteroatoms. The van der Waals surface area contributed by atoms with Gasteiger partial charge in [0.15, 0.2) is 5.96 Å². The Balaban J connectivity index is 0.00000529. The number of nitrogens with zero attached hydrogens (tertiary/aromatic N) is 2. The Morgan fingerprint density at radius 2 is 2.04 bits per heavy atom. The average molecular weight is 448 g/mol. The maximum Gasteiger partial charge on any atom is 0.191 e. The summed E-state index contributed by atoms with van der Waals surface area (Å²) in [6.45, 7) is 8.91. The second-order valence-electron chi connectivity index (χ2n) is 5.87. The van der Waals surface area contributed by atoms with E-state index in [1.165, 1.54) is 5.56 Å². The second-order valence-corrected chi connectivity index (χ2v) is 5.87. The van der Waals surface area contributed by atoms with E-state index in [1.54, 1.807) is 0 Å². The summed E-state index contributed by atoms with van der Waals surface area (Å²) in [4.78, 5) is 8.98. The van der Waals surface area contributed by atoms with Crippen LogP contribution in [0, 0.1) is 12.8 Å². The van der Waals surface area contributed by atoms with Gasteiger partial charge in [-0.1, -0.05) is 19.4 Å². The van der Waals surface area contributed by atoms with Gasteiger partial charge in [-0.15, -0.1) is 24.0 Å². The van der Waals surface area contributed by atoms with Gasteiger partial charge >= 0.3 is 0 Å². The molecule has 0 aliphatic heterocycles. The lowest BCUT2D eigenvalue weighted by atomic mass is 10.0. The van der Waals surface area contributed by atoms with E-state index in [1.807, 2.05) is 19.2 Å². The molecule has 0 saturated heterocycles. The highest BCUT2D eigenvalue weighted by molar-refractivity contribution is 14.0. The van der Waals surface area contributed by atoms with Gasteiger partial charge in [0.2, 0.25) is 0 Å². The van der Waals surface area contributed by atoms with E-state index in [4.69, 9.17) is 5.11 Å². The fourth-order valence-electron chi connectivity index (χ4n) is 2.45. The van der Waals surface area contributed by atoms with Crippen LogP contribution in [0.2, 0.25) is 0 Å². The fourth-order valence-corrected chi connectivity index (χ4v) is 2.45. The Morgan fingerprint density at radius 1 is 1.25 bits per heavy atom. The lowest BCUT2D eigenvalue weighted by molar-refractivity contribution is 0.253. The molecule has 138 valence electrons. The van der Waals surface area contributed by atoms with Crippen molar-refractivity contribution in [2.45, 2.75) is 46.5 Å². The van der Waals surface area contributed by atoms with Crippen molar-refractivity contribution in [3.8, 4) is 0 Å². The topological polar surface area (TPSA) is 69.5 Å². The minimum atomic E-state index is 0. The molecule has 0 fully saturated rings. The second kappa shape index (κ2) is 14.5. The number of pyridine rings is 1. The molecule has 1 atom stereocenters. The van der Waals surface area contributed by atoms with Crippen LogP contribution in [0.3, 0.4) is 0 Å². The highest BCUT2D eigenvalue weighted by Crippen LogP contribution is 2.10. The third-order valence-electron chi connectivity index (χ3n) is 3.76. The van der Waals surface area contributed by atoms with E-state index in [2.05, 4.69) is 40.5 Å². The minimum Gasteiger partial charge on any atom is -0.396 e. The van der Waals surface area contributed by atoms with Crippen molar-refractivity contribution in [2.75, 3.05) is 26.2 Å². The number of halogens is 1. The number of hydrogen-bond acceptors (Lipinski definition) is 3. The summed E-state index contributed by atoms with van der Waals surface area (Å²) < 4.78 is 0. The monoisotopic (exact) mass is 448 g/mol. The first-order chi connectivity index (χ1) is 11.2. The first-order valence-electron chi connectivity index (χ1n) is 8.74. The standard InChI is InChI=1S/C18H32N4O.HI/c1-4-6-16(10-12-23)14-22-18(19-5-2)20-11-9-17-8-7-15(3)21-13-17;/h7-8,13,16,23H,4-6,9-12,14H2,1-3H3,(H2,19,20,22);1H. The zero-order valence-corrected chi connectivity index (χ0v) is 17.5. The third kappa shape index (κ3) is 10.1. The molecule has 1 unspecified atom stereocenters. The average Bonchev–Trinajstić information content (AvgIpc) is 2.54.